The molecule has 0 aliphatic rings. The number of methoxy groups -OCH3 is 1. The summed E-state index contributed by atoms with van der Waals surface area (Å²) in [7, 11) is 1.26. The molecule has 0 aliphatic carbocycles. The lowest BCUT2D eigenvalue weighted by Gasteiger charge is -1.93. The number of hydrogen-bond acceptors (Lipinski definition) is 3. The molecular formula is C6H6Cl2N2O2. The van der Waals surface area contributed by atoms with Crippen molar-refractivity contribution >= 4 is 29.2 Å². The van der Waals surface area contributed by atoms with Crippen LogP contribution in [-0.4, -0.2) is 22.9 Å². The number of ether oxygens (including phenoxy) is 1. The third kappa shape index (κ3) is 1.70. The molecule has 0 aromatic carbocycles. The summed E-state index contributed by atoms with van der Waals surface area (Å²) in [6, 6.07) is 0.150. The Balaban J connectivity index is 2.99. The molecule has 1 rings (SSSR count). The van der Waals surface area contributed by atoms with Crippen molar-refractivity contribution in [1.29, 1.82) is 0 Å². The first-order valence-electron chi connectivity index (χ1n) is 3.06. The second-order valence-corrected chi connectivity index (χ2v) is 2.62. The third-order valence-corrected chi connectivity index (χ3v) is 1.74. The van der Waals surface area contributed by atoms with Crippen molar-refractivity contribution in [1.82, 2.24) is 9.78 Å². The van der Waals surface area contributed by atoms with Crippen LogP contribution in [0.3, 0.4) is 0 Å². The number of nitrogens with zero attached hydrogens (tertiary/aromatic N) is 2. The maximum atomic E-state index is 10.9. The van der Waals surface area contributed by atoms with Gasteiger partial charge in [-0.3, -0.25) is 4.68 Å². The normalized spacial score (nSPS) is 9.92. The van der Waals surface area contributed by atoms with Gasteiger partial charge in [0.15, 0.2) is 5.69 Å². The van der Waals surface area contributed by atoms with E-state index in [4.69, 9.17) is 23.2 Å². The van der Waals surface area contributed by atoms with Gasteiger partial charge in [-0.1, -0.05) is 11.6 Å². The van der Waals surface area contributed by atoms with E-state index >= 15 is 0 Å². The maximum absolute atomic E-state index is 10.9. The fourth-order valence-electron chi connectivity index (χ4n) is 0.693. The van der Waals surface area contributed by atoms with Crippen molar-refractivity contribution in [2.24, 2.45) is 0 Å². The van der Waals surface area contributed by atoms with Gasteiger partial charge in [0.1, 0.15) is 6.00 Å². The molecular weight excluding hydrogens is 203 g/mol. The summed E-state index contributed by atoms with van der Waals surface area (Å²) in [6.07, 6.45) is 1.46. The second-order valence-electron chi connectivity index (χ2n) is 1.98. The van der Waals surface area contributed by atoms with E-state index in [1.165, 1.54) is 18.0 Å². The number of esters is 1. The van der Waals surface area contributed by atoms with Crippen LogP contribution < -0.4 is 0 Å². The Kier molecular flexibility index (Phi) is 2.94. The number of rotatable bonds is 2. The first-order chi connectivity index (χ1) is 5.69. The van der Waals surface area contributed by atoms with E-state index in [0.29, 0.717) is 0 Å². The molecule has 0 unspecified atom stereocenters. The van der Waals surface area contributed by atoms with Crippen molar-refractivity contribution in [3.8, 4) is 0 Å². The predicted molar refractivity (Wildman–Crippen MR) is 44.4 cm³/mol. The van der Waals surface area contributed by atoms with Gasteiger partial charge in [-0.25, -0.2) is 4.79 Å². The van der Waals surface area contributed by atoms with Gasteiger partial charge in [0, 0.05) is 6.20 Å². The van der Waals surface area contributed by atoms with Crippen molar-refractivity contribution < 1.29 is 9.53 Å². The molecule has 0 radical (unpaired) electrons. The monoisotopic (exact) mass is 208 g/mol. The van der Waals surface area contributed by atoms with Crippen LogP contribution in [0.15, 0.2) is 6.20 Å². The van der Waals surface area contributed by atoms with Crippen LogP contribution in [0.2, 0.25) is 5.02 Å². The van der Waals surface area contributed by atoms with Crippen molar-refractivity contribution in [3.05, 3.63) is 16.9 Å². The van der Waals surface area contributed by atoms with Crippen LogP contribution in [0.25, 0.3) is 0 Å². The molecule has 4 nitrogen and oxygen atoms in total. The molecule has 0 fully saturated rings. The Labute approximate surface area is 79.0 Å². The number of alkyl halides is 1. The summed E-state index contributed by atoms with van der Waals surface area (Å²) in [5.74, 6) is -0.566. The fourth-order valence-corrected chi connectivity index (χ4v) is 1.04. The lowest BCUT2D eigenvalue weighted by molar-refractivity contribution is 0.0593. The standard InChI is InChI=1S/C6H6Cl2N2O2/c1-12-6(11)5-4(8)2-10(3-7)9-5/h2H,3H2,1H3. The SMILES string of the molecule is COC(=O)c1nn(CCl)cc1Cl. The van der Waals surface area contributed by atoms with Gasteiger partial charge in [0.25, 0.3) is 0 Å². The minimum atomic E-state index is -0.566. The van der Waals surface area contributed by atoms with Gasteiger partial charge in [-0.05, 0) is 0 Å². The van der Waals surface area contributed by atoms with Crippen LogP contribution in [0.5, 0.6) is 0 Å². The number of carbonyl (C=O) groups excluding carboxylic acids is 1. The third-order valence-electron chi connectivity index (χ3n) is 1.22. The van der Waals surface area contributed by atoms with E-state index in [2.05, 4.69) is 9.84 Å². The van der Waals surface area contributed by atoms with E-state index in [9.17, 15) is 4.79 Å². The van der Waals surface area contributed by atoms with Gasteiger partial charge in [0.05, 0.1) is 12.1 Å². The maximum Gasteiger partial charge on any atom is 0.360 e. The minimum Gasteiger partial charge on any atom is -0.464 e. The van der Waals surface area contributed by atoms with Crippen molar-refractivity contribution in [2.75, 3.05) is 7.11 Å². The Morgan fingerprint density at radius 2 is 2.50 bits per heavy atom. The topological polar surface area (TPSA) is 44.1 Å². The van der Waals surface area contributed by atoms with E-state index in [-0.39, 0.29) is 16.7 Å². The summed E-state index contributed by atoms with van der Waals surface area (Å²) in [4.78, 5) is 10.9. The largest absolute Gasteiger partial charge is 0.464 e. The smallest absolute Gasteiger partial charge is 0.360 e. The summed E-state index contributed by atoms with van der Waals surface area (Å²) in [5.41, 5.74) is 0.0832. The highest BCUT2D eigenvalue weighted by Gasteiger charge is 2.14. The number of hydrogen-bond donors (Lipinski definition) is 0. The highest BCUT2D eigenvalue weighted by atomic mass is 35.5. The lowest BCUT2D eigenvalue weighted by Crippen LogP contribution is -2.04. The van der Waals surface area contributed by atoms with E-state index in [1.54, 1.807) is 0 Å². The Hall–Kier alpha value is -0.740. The average molecular weight is 209 g/mol. The molecule has 0 atom stereocenters. The summed E-state index contributed by atoms with van der Waals surface area (Å²) in [6.45, 7) is 0. The lowest BCUT2D eigenvalue weighted by atomic mass is 10.4. The van der Waals surface area contributed by atoms with Gasteiger partial charge in [0.2, 0.25) is 0 Å². The molecule has 1 aromatic rings. The zero-order chi connectivity index (χ0) is 9.14. The Morgan fingerprint density at radius 1 is 1.83 bits per heavy atom. The summed E-state index contributed by atoms with van der Waals surface area (Å²) in [5, 5.41) is 4.02. The molecule has 0 N–H and O–H groups in total. The van der Waals surface area contributed by atoms with Crippen LogP contribution in [0.1, 0.15) is 10.5 Å². The van der Waals surface area contributed by atoms with Gasteiger partial charge in [-0.2, -0.15) is 5.10 Å². The van der Waals surface area contributed by atoms with Crippen LogP contribution >= 0.6 is 23.2 Å². The highest BCUT2D eigenvalue weighted by molar-refractivity contribution is 6.33. The zero-order valence-electron chi connectivity index (χ0n) is 6.25. The second kappa shape index (κ2) is 3.78. The predicted octanol–water partition coefficient (Wildman–Crippen LogP) is 1.52. The zero-order valence-corrected chi connectivity index (χ0v) is 7.76. The minimum absolute atomic E-state index is 0.0832. The fraction of sp³-hybridized carbons (Fsp3) is 0.333. The van der Waals surface area contributed by atoms with Crippen LogP contribution in [0, 0.1) is 0 Å². The van der Waals surface area contributed by atoms with Gasteiger partial charge in [-0.15, -0.1) is 11.6 Å². The summed E-state index contributed by atoms with van der Waals surface area (Å²) >= 11 is 11.1. The molecule has 0 aliphatic heterocycles. The van der Waals surface area contributed by atoms with E-state index < -0.39 is 5.97 Å². The molecule has 0 spiro atoms. The van der Waals surface area contributed by atoms with Crippen LogP contribution in [0.4, 0.5) is 0 Å². The number of aromatic nitrogens is 2. The highest BCUT2D eigenvalue weighted by Crippen LogP contribution is 2.14. The van der Waals surface area contributed by atoms with E-state index in [0.717, 1.165) is 0 Å². The average Bonchev–Trinajstić information content (AvgIpc) is 2.45. The quantitative estimate of drug-likeness (QED) is 0.547. The first kappa shape index (κ1) is 9.35. The van der Waals surface area contributed by atoms with Gasteiger partial charge < -0.3 is 4.74 Å². The van der Waals surface area contributed by atoms with E-state index in [1.807, 2.05) is 0 Å². The molecule has 0 saturated carbocycles. The molecule has 12 heavy (non-hydrogen) atoms. The number of carbonyl (C=O) groups is 1. The van der Waals surface area contributed by atoms with Crippen molar-refractivity contribution in [3.63, 3.8) is 0 Å². The molecule has 6 heteroatoms. The van der Waals surface area contributed by atoms with Crippen molar-refractivity contribution in [2.45, 2.75) is 6.00 Å². The Bertz CT molecular complexity index is 298. The molecule has 1 heterocycles. The molecule has 0 bridgehead atoms. The van der Waals surface area contributed by atoms with Crippen LogP contribution in [-0.2, 0) is 10.7 Å². The van der Waals surface area contributed by atoms with Gasteiger partial charge >= 0.3 is 5.97 Å². The first-order valence-corrected chi connectivity index (χ1v) is 3.97. The molecule has 66 valence electrons. The molecule has 1 aromatic heterocycles. The molecule has 0 saturated heterocycles. The molecule has 0 amide bonds. The number of halogens is 2. The Morgan fingerprint density at radius 3 is 2.92 bits per heavy atom. The summed E-state index contributed by atoms with van der Waals surface area (Å²) < 4.78 is 5.78.